The number of phenols is 2. The largest absolute Gasteiger partial charge is 0.504 e. The van der Waals surface area contributed by atoms with Gasteiger partial charge in [-0.15, -0.1) is 0 Å². The molecule has 1 rings (SSSR count). The SMILES string of the molecule is C/C=C/C=C/Cc1c(C(=O)O)ccc(O)c1O. The van der Waals surface area contributed by atoms with Gasteiger partial charge in [0.2, 0.25) is 0 Å². The third kappa shape index (κ3) is 3.11. The first kappa shape index (κ1) is 12.8. The maximum absolute atomic E-state index is 10.9. The summed E-state index contributed by atoms with van der Waals surface area (Å²) in [6, 6.07) is 2.44. The van der Waals surface area contributed by atoms with Crippen LogP contribution < -0.4 is 0 Å². The minimum Gasteiger partial charge on any atom is -0.504 e. The smallest absolute Gasteiger partial charge is 0.336 e. The van der Waals surface area contributed by atoms with E-state index >= 15 is 0 Å². The molecule has 0 aliphatic heterocycles. The third-order valence-corrected chi connectivity index (χ3v) is 2.25. The highest BCUT2D eigenvalue weighted by Gasteiger charge is 2.15. The van der Waals surface area contributed by atoms with Gasteiger partial charge in [-0.2, -0.15) is 0 Å². The van der Waals surface area contributed by atoms with Gasteiger partial charge in [0.15, 0.2) is 11.5 Å². The normalized spacial score (nSPS) is 11.4. The highest BCUT2D eigenvalue weighted by molar-refractivity contribution is 5.90. The third-order valence-electron chi connectivity index (χ3n) is 2.25. The second-order valence-corrected chi connectivity index (χ2v) is 3.42. The quantitative estimate of drug-likeness (QED) is 0.552. The second kappa shape index (κ2) is 5.75. The van der Waals surface area contributed by atoms with Crippen molar-refractivity contribution in [2.45, 2.75) is 13.3 Å². The molecule has 0 spiro atoms. The molecule has 0 aliphatic carbocycles. The van der Waals surface area contributed by atoms with Crippen LogP contribution in [0.4, 0.5) is 0 Å². The fraction of sp³-hybridized carbons (Fsp3) is 0.154. The summed E-state index contributed by atoms with van der Waals surface area (Å²) in [4.78, 5) is 10.9. The maximum atomic E-state index is 10.9. The van der Waals surface area contributed by atoms with Crippen LogP contribution in [0, 0.1) is 0 Å². The summed E-state index contributed by atoms with van der Waals surface area (Å²) in [6.45, 7) is 1.86. The van der Waals surface area contributed by atoms with E-state index in [2.05, 4.69) is 0 Å². The van der Waals surface area contributed by atoms with Crippen LogP contribution in [-0.4, -0.2) is 21.3 Å². The van der Waals surface area contributed by atoms with Crippen molar-refractivity contribution in [3.05, 3.63) is 47.6 Å². The van der Waals surface area contributed by atoms with Gasteiger partial charge in [0.1, 0.15) is 0 Å². The Balaban J connectivity index is 3.10. The molecular weight excluding hydrogens is 220 g/mol. The molecule has 1 aromatic rings. The molecule has 4 nitrogen and oxygen atoms in total. The topological polar surface area (TPSA) is 77.8 Å². The molecule has 0 saturated carbocycles. The number of aromatic carboxylic acids is 1. The van der Waals surface area contributed by atoms with Gasteiger partial charge in [-0.3, -0.25) is 0 Å². The molecule has 0 saturated heterocycles. The molecule has 0 heterocycles. The molecule has 0 unspecified atom stereocenters. The van der Waals surface area contributed by atoms with Crippen molar-refractivity contribution in [1.82, 2.24) is 0 Å². The van der Waals surface area contributed by atoms with Crippen molar-refractivity contribution in [3.8, 4) is 11.5 Å². The van der Waals surface area contributed by atoms with Crippen molar-refractivity contribution >= 4 is 5.97 Å². The molecule has 3 N–H and O–H groups in total. The van der Waals surface area contributed by atoms with Crippen molar-refractivity contribution in [3.63, 3.8) is 0 Å². The van der Waals surface area contributed by atoms with Crippen molar-refractivity contribution in [2.24, 2.45) is 0 Å². The minimum atomic E-state index is -1.13. The Bertz CT molecular complexity index is 473. The Morgan fingerprint density at radius 3 is 2.59 bits per heavy atom. The molecular formula is C13H14O4. The summed E-state index contributed by atoms with van der Waals surface area (Å²) in [6.07, 6.45) is 7.32. The minimum absolute atomic E-state index is 0.00886. The van der Waals surface area contributed by atoms with E-state index in [1.807, 2.05) is 13.0 Å². The Hall–Kier alpha value is -2.23. The average Bonchev–Trinajstić information content (AvgIpc) is 2.29. The predicted octanol–water partition coefficient (Wildman–Crippen LogP) is 2.47. The monoisotopic (exact) mass is 234 g/mol. The molecule has 0 radical (unpaired) electrons. The first-order valence-corrected chi connectivity index (χ1v) is 5.12. The summed E-state index contributed by atoms with van der Waals surface area (Å²) in [5.74, 6) is -1.82. The predicted molar refractivity (Wildman–Crippen MR) is 64.4 cm³/mol. The molecule has 0 aliphatic rings. The zero-order valence-electron chi connectivity index (χ0n) is 9.42. The molecule has 0 bridgehead atoms. The molecule has 4 heteroatoms. The van der Waals surface area contributed by atoms with Crippen LogP contribution in [0.5, 0.6) is 11.5 Å². The van der Waals surface area contributed by atoms with Crippen molar-refractivity contribution in [1.29, 1.82) is 0 Å². The average molecular weight is 234 g/mol. The first-order chi connectivity index (χ1) is 8.07. The van der Waals surface area contributed by atoms with Gasteiger partial charge < -0.3 is 15.3 Å². The first-order valence-electron chi connectivity index (χ1n) is 5.12. The van der Waals surface area contributed by atoms with Crippen molar-refractivity contribution in [2.75, 3.05) is 0 Å². The molecule has 0 amide bonds. The lowest BCUT2D eigenvalue weighted by Gasteiger charge is -2.07. The van der Waals surface area contributed by atoms with Gasteiger partial charge in [-0.05, 0) is 25.5 Å². The summed E-state index contributed by atoms with van der Waals surface area (Å²) >= 11 is 0. The van der Waals surface area contributed by atoms with Gasteiger partial charge >= 0.3 is 5.97 Å². The number of hydrogen-bond acceptors (Lipinski definition) is 3. The highest BCUT2D eigenvalue weighted by Crippen LogP contribution is 2.31. The number of carboxylic acid groups (broad SMARTS) is 1. The fourth-order valence-corrected chi connectivity index (χ4v) is 1.41. The summed E-state index contributed by atoms with van der Waals surface area (Å²) in [5.41, 5.74) is 0.198. The van der Waals surface area contributed by atoms with E-state index in [1.165, 1.54) is 6.07 Å². The number of phenolic OH excluding ortho intramolecular Hbond substituents is 2. The standard InChI is InChI=1S/C13H14O4/c1-2-3-4-5-6-9-10(13(16)17)7-8-11(14)12(9)15/h2-5,7-8,14-15H,6H2,1H3,(H,16,17)/b3-2+,5-4+. The molecule has 1 aromatic carbocycles. The van der Waals surface area contributed by atoms with Crippen LogP contribution in [0.2, 0.25) is 0 Å². The molecule has 0 aromatic heterocycles. The molecule has 17 heavy (non-hydrogen) atoms. The van der Waals surface area contributed by atoms with Crippen LogP contribution >= 0.6 is 0 Å². The van der Waals surface area contributed by atoms with E-state index in [0.717, 1.165) is 6.07 Å². The number of allylic oxidation sites excluding steroid dienone is 4. The fourth-order valence-electron chi connectivity index (χ4n) is 1.41. The maximum Gasteiger partial charge on any atom is 0.336 e. The Kier molecular flexibility index (Phi) is 4.34. The number of carboxylic acids is 1. The van der Waals surface area contributed by atoms with Gasteiger partial charge in [0.05, 0.1) is 5.56 Å². The van der Waals surface area contributed by atoms with E-state index in [4.69, 9.17) is 5.11 Å². The van der Waals surface area contributed by atoms with E-state index < -0.39 is 5.97 Å². The van der Waals surface area contributed by atoms with Crippen LogP contribution in [-0.2, 0) is 6.42 Å². The van der Waals surface area contributed by atoms with Crippen LogP contribution in [0.15, 0.2) is 36.4 Å². The van der Waals surface area contributed by atoms with Crippen LogP contribution in [0.1, 0.15) is 22.8 Å². The van der Waals surface area contributed by atoms with Crippen LogP contribution in [0.3, 0.4) is 0 Å². The lowest BCUT2D eigenvalue weighted by Crippen LogP contribution is -2.02. The lowest BCUT2D eigenvalue weighted by atomic mass is 10.0. The summed E-state index contributed by atoms with van der Waals surface area (Å²) in [5, 5.41) is 27.9. The van der Waals surface area contributed by atoms with Gasteiger partial charge in [0.25, 0.3) is 0 Å². The number of hydrogen-bond donors (Lipinski definition) is 3. The van der Waals surface area contributed by atoms with E-state index in [-0.39, 0.29) is 29.0 Å². The zero-order valence-corrected chi connectivity index (χ0v) is 9.42. The van der Waals surface area contributed by atoms with Gasteiger partial charge in [-0.1, -0.05) is 24.3 Å². The Morgan fingerprint density at radius 1 is 1.29 bits per heavy atom. The number of rotatable bonds is 4. The number of aromatic hydroxyl groups is 2. The van der Waals surface area contributed by atoms with Gasteiger partial charge in [0, 0.05) is 5.56 Å². The molecule has 90 valence electrons. The molecule has 0 fully saturated rings. The number of carbonyl (C=O) groups is 1. The summed E-state index contributed by atoms with van der Waals surface area (Å²) < 4.78 is 0. The second-order valence-electron chi connectivity index (χ2n) is 3.42. The van der Waals surface area contributed by atoms with E-state index in [1.54, 1.807) is 18.2 Å². The van der Waals surface area contributed by atoms with Crippen molar-refractivity contribution < 1.29 is 20.1 Å². The molecule has 0 atom stereocenters. The van der Waals surface area contributed by atoms with E-state index in [9.17, 15) is 15.0 Å². The van der Waals surface area contributed by atoms with E-state index in [0.29, 0.717) is 0 Å². The highest BCUT2D eigenvalue weighted by atomic mass is 16.4. The summed E-state index contributed by atoms with van der Waals surface area (Å²) in [7, 11) is 0. The van der Waals surface area contributed by atoms with Gasteiger partial charge in [-0.25, -0.2) is 4.79 Å². The zero-order chi connectivity index (χ0) is 12.8. The Labute approximate surface area is 99.2 Å². The number of benzene rings is 1. The van der Waals surface area contributed by atoms with Crippen LogP contribution in [0.25, 0.3) is 0 Å². The lowest BCUT2D eigenvalue weighted by molar-refractivity contribution is 0.0695. The Morgan fingerprint density at radius 2 is 2.00 bits per heavy atom.